The van der Waals surface area contributed by atoms with Crippen LogP contribution < -0.4 is 9.47 Å². The van der Waals surface area contributed by atoms with Crippen LogP contribution in [0.3, 0.4) is 0 Å². The Kier molecular flexibility index (Phi) is 5.24. The van der Waals surface area contributed by atoms with Crippen molar-refractivity contribution < 1.29 is 14.3 Å². The minimum Gasteiger partial charge on any atom is -0.489 e. The van der Waals surface area contributed by atoms with Gasteiger partial charge in [0.1, 0.15) is 24.7 Å². The number of carbonyl (C=O) groups is 1. The number of benzene rings is 1. The maximum Gasteiger partial charge on any atom is 0.163 e. The summed E-state index contributed by atoms with van der Waals surface area (Å²) in [5.74, 6) is 2.50. The summed E-state index contributed by atoms with van der Waals surface area (Å²) in [5, 5.41) is 0. The zero-order chi connectivity index (χ0) is 19.8. The molecule has 0 spiro atoms. The number of ketones is 1. The first-order valence-electron chi connectivity index (χ1n) is 9.92. The molecule has 1 aromatic rings. The van der Waals surface area contributed by atoms with Gasteiger partial charge in [0, 0.05) is 6.07 Å². The highest BCUT2D eigenvalue weighted by molar-refractivity contribution is 5.97. The molecular weight excluding hydrogens is 336 g/mol. The van der Waals surface area contributed by atoms with Gasteiger partial charge in [-0.25, -0.2) is 0 Å². The van der Waals surface area contributed by atoms with Crippen LogP contribution in [0.25, 0.3) is 0 Å². The van der Waals surface area contributed by atoms with Crippen molar-refractivity contribution in [2.45, 2.75) is 52.9 Å². The van der Waals surface area contributed by atoms with Crippen molar-refractivity contribution in [2.24, 2.45) is 16.7 Å². The molecule has 3 nitrogen and oxygen atoms in total. The molecule has 0 heterocycles. The van der Waals surface area contributed by atoms with Gasteiger partial charge in [-0.05, 0) is 60.5 Å². The lowest BCUT2D eigenvalue weighted by Crippen LogP contribution is -2.31. The van der Waals surface area contributed by atoms with E-state index in [0.717, 1.165) is 23.7 Å². The number of fused-ring (bicyclic) bond motifs is 2. The van der Waals surface area contributed by atoms with Gasteiger partial charge in [-0.1, -0.05) is 46.1 Å². The summed E-state index contributed by atoms with van der Waals surface area (Å²) in [6.07, 6.45) is 7.10. The second-order valence-electron chi connectivity index (χ2n) is 8.80. The van der Waals surface area contributed by atoms with E-state index in [-0.39, 0.29) is 11.2 Å². The van der Waals surface area contributed by atoms with E-state index >= 15 is 0 Å². The molecule has 146 valence electrons. The average molecular weight is 369 g/mol. The predicted molar refractivity (Wildman–Crippen MR) is 110 cm³/mol. The van der Waals surface area contributed by atoms with Crippen molar-refractivity contribution in [2.75, 3.05) is 13.2 Å². The fourth-order valence-corrected chi connectivity index (χ4v) is 5.34. The zero-order valence-corrected chi connectivity index (χ0v) is 17.1. The van der Waals surface area contributed by atoms with Crippen LogP contribution in [0, 0.1) is 16.7 Å². The molecule has 2 saturated carbocycles. The molecule has 3 unspecified atom stereocenters. The summed E-state index contributed by atoms with van der Waals surface area (Å²) < 4.78 is 11.8. The fourth-order valence-electron chi connectivity index (χ4n) is 5.34. The molecule has 2 aliphatic rings. The summed E-state index contributed by atoms with van der Waals surface area (Å²) in [5.41, 5.74) is 2.27. The Bertz CT molecular complexity index is 761. The fraction of sp³-hybridized carbons (Fsp3) is 0.542. The van der Waals surface area contributed by atoms with E-state index in [9.17, 15) is 4.79 Å². The van der Waals surface area contributed by atoms with Crippen molar-refractivity contribution in [3.05, 3.63) is 48.6 Å². The molecule has 0 amide bonds. The lowest BCUT2D eigenvalue weighted by Gasteiger charge is -2.40. The monoisotopic (exact) mass is 368 g/mol. The zero-order valence-electron chi connectivity index (χ0n) is 17.1. The maximum atomic E-state index is 12.3. The predicted octanol–water partition coefficient (Wildman–Crippen LogP) is 5.95. The Hall–Kier alpha value is -2.03. The molecule has 2 fully saturated rings. The van der Waals surface area contributed by atoms with E-state index in [0.29, 0.717) is 35.9 Å². The summed E-state index contributed by atoms with van der Waals surface area (Å²) in [7, 11) is 0. The summed E-state index contributed by atoms with van der Waals surface area (Å²) in [4.78, 5) is 12.3. The first-order valence-corrected chi connectivity index (χ1v) is 9.92. The van der Waals surface area contributed by atoms with Crippen LogP contribution in [-0.2, 0) is 0 Å². The average Bonchev–Trinajstić information content (AvgIpc) is 2.97. The second-order valence-corrected chi connectivity index (χ2v) is 8.80. The first-order chi connectivity index (χ1) is 12.8. The van der Waals surface area contributed by atoms with Crippen LogP contribution in [0.4, 0.5) is 0 Å². The molecule has 2 bridgehead atoms. The van der Waals surface area contributed by atoms with Crippen molar-refractivity contribution in [3.8, 4) is 11.5 Å². The molecule has 0 aliphatic heterocycles. The van der Waals surface area contributed by atoms with Crippen LogP contribution in [-0.4, -0.2) is 19.0 Å². The SMILES string of the molecule is C=CCOc1cc(OCC=C)c(C2CC3CCC2(C)C3(C)C)cc1C(C)=O. The topological polar surface area (TPSA) is 35.5 Å². The van der Waals surface area contributed by atoms with Gasteiger partial charge in [0.2, 0.25) is 0 Å². The van der Waals surface area contributed by atoms with Crippen molar-refractivity contribution in [1.82, 2.24) is 0 Å². The number of carbonyl (C=O) groups excluding carboxylic acids is 1. The standard InChI is InChI=1S/C24H32O3/c1-7-11-26-21-15-22(27-12-8-2)19(14-18(21)16(3)25)20-13-17-9-10-24(20,6)23(17,4)5/h7-8,14-15,17,20H,1-2,9-13H2,3-6H3. The van der Waals surface area contributed by atoms with Gasteiger partial charge in [0.05, 0.1) is 5.56 Å². The maximum absolute atomic E-state index is 12.3. The molecule has 3 atom stereocenters. The normalized spacial score (nSPS) is 28.0. The van der Waals surface area contributed by atoms with Gasteiger partial charge in [0.25, 0.3) is 0 Å². The Balaban J connectivity index is 2.10. The Morgan fingerprint density at radius 3 is 2.26 bits per heavy atom. The molecule has 0 saturated heterocycles. The second kappa shape index (κ2) is 7.18. The van der Waals surface area contributed by atoms with Crippen LogP contribution in [0.5, 0.6) is 11.5 Å². The third-order valence-electron chi connectivity index (χ3n) is 7.37. The van der Waals surface area contributed by atoms with Gasteiger partial charge in [-0.3, -0.25) is 4.79 Å². The molecule has 0 radical (unpaired) electrons. The molecular formula is C24H32O3. The number of hydrogen-bond acceptors (Lipinski definition) is 3. The number of hydrogen-bond donors (Lipinski definition) is 0. The van der Waals surface area contributed by atoms with Crippen molar-refractivity contribution in [3.63, 3.8) is 0 Å². The van der Waals surface area contributed by atoms with Gasteiger partial charge < -0.3 is 9.47 Å². The smallest absolute Gasteiger partial charge is 0.163 e. The first kappa shape index (κ1) is 19.7. The van der Waals surface area contributed by atoms with E-state index in [1.807, 2.05) is 12.1 Å². The number of Topliss-reactive ketones (excluding diaryl/α,β-unsaturated/α-hetero) is 1. The number of ether oxygens (including phenoxy) is 2. The van der Waals surface area contributed by atoms with Crippen molar-refractivity contribution in [1.29, 1.82) is 0 Å². The molecule has 0 aromatic heterocycles. The Labute approximate surface area is 163 Å². The molecule has 0 N–H and O–H groups in total. The third-order valence-corrected chi connectivity index (χ3v) is 7.37. The summed E-state index contributed by atoms with van der Waals surface area (Å²) in [6, 6.07) is 3.91. The quantitative estimate of drug-likeness (QED) is 0.420. The van der Waals surface area contributed by atoms with Crippen LogP contribution in [0.1, 0.15) is 68.8 Å². The van der Waals surface area contributed by atoms with Crippen LogP contribution in [0.2, 0.25) is 0 Å². The highest BCUT2D eigenvalue weighted by Crippen LogP contribution is 2.71. The Morgan fingerprint density at radius 1 is 1.15 bits per heavy atom. The Morgan fingerprint density at radius 2 is 1.78 bits per heavy atom. The van der Waals surface area contributed by atoms with E-state index in [1.165, 1.54) is 12.8 Å². The van der Waals surface area contributed by atoms with Gasteiger partial charge >= 0.3 is 0 Å². The van der Waals surface area contributed by atoms with E-state index in [4.69, 9.17) is 9.47 Å². The summed E-state index contributed by atoms with van der Waals surface area (Å²) in [6.45, 7) is 17.1. The summed E-state index contributed by atoms with van der Waals surface area (Å²) >= 11 is 0. The van der Waals surface area contributed by atoms with Crippen LogP contribution >= 0.6 is 0 Å². The molecule has 2 aliphatic carbocycles. The molecule has 3 heteroatoms. The molecule has 1 aromatic carbocycles. The van der Waals surface area contributed by atoms with Gasteiger partial charge in [0.15, 0.2) is 5.78 Å². The number of rotatable bonds is 8. The minimum atomic E-state index is 0.0122. The molecule has 3 rings (SSSR count). The van der Waals surface area contributed by atoms with Gasteiger partial charge in [-0.2, -0.15) is 0 Å². The van der Waals surface area contributed by atoms with E-state index in [1.54, 1.807) is 19.1 Å². The minimum absolute atomic E-state index is 0.0122. The lowest BCUT2D eigenvalue weighted by molar-refractivity contribution is 0.101. The van der Waals surface area contributed by atoms with Crippen LogP contribution in [0.15, 0.2) is 37.4 Å². The van der Waals surface area contributed by atoms with Crippen molar-refractivity contribution >= 4 is 5.78 Å². The van der Waals surface area contributed by atoms with E-state index < -0.39 is 0 Å². The highest BCUT2D eigenvalue weighted by Gasteiger charge is 2.61. The lowest BCUT2D eigenvalue weighted by atomic mass is 9.65. The third kappa shape index (κ3) is 3.11. The highest BCUT2D eigenvalue weighted by atomic mass is 16.5. The molecule has 27 heavy (non-hydrogen) atoms. The van der Waals surface area contributed by atoms with Gasteiger partial charge in [-0.15, -0.1) is 0 Å². The van der Waals surface area contributed by atoms with E-state index in [2.05, 4.69) is 33.9 Å². The largest absolute Gasteiger partial charge is 0.489 e.